The zero-order chi connectivity index (χ0) is 10.7. The molecule has 0 aliphatic rings. The standard InChI is InChI=1S/C8H12N4O2/c1-3-12-5(2)10-4-6(8(12)13)7(9)11-14/h4,14H,3H2,1-2H3,(H2,9,11). The van der Waals surface area contributed by atoms with Gasteiger partial charge in [-0.25, -0.2) is 4.98 Å². The lowest BCUT2D eigenvalue weighted by Gasteiger charge is -2.07. The SMILES string of the molecule is CCn1c(C)ncc(/C(N)=N\O)c1=O. The van der Waals surface area contributed by atoms with Crippen LogP contribution in [0.5, 0.6) is 0 Å². The molecular formula is C8H12N4O2. The second kappa shape index (κ2) is 3.91. The van der Waals surface area contributed by atoms with Crippen LogP contribution in [-0.4, -0.2) is 20.6 Å². The van der Waals surface area contributed by atoms with Gasteiger partial charge in [0, 0.05) is 12.7 Å². The summed E-state index contributed by atoms with van der Waals surface area (Å²) in [6.07, 6.45) is 1.30. The molecule has 0 aliphatic carbocycles. The molecule has 1 rings (SSSR count). The van der Waals surface area contributed by atoms with Gasteiger partial charge >= 0.3 is 0 Å². The highest BCUT2D eigenvalue weighted by Crippen LogP contribution is 1.93. The van der Waals surface area contributed by atoms with Gasteiger partial charge in [0.05, 0.1) is 0 Å². The zero-order valence-corrected chi connectivity index (χ0v) is 8.06. The van der Waals surface area contributed by atoms with Gasteiger partial charge in [-0.1, -0.05) is 5.16 Å². The van der Waals surface area contributed by atoms with E-state index in [2.05, 4.69) is 10.1 Å². The summed E-state index contributed by atoms with van der Waals surface area (Å²) in [5, 5.41) is 11.2. The van der Waals surface area contributed by atoms with E-state index in [0.29, 0.717) is 12.4 Å². The first-order valence-corrected chi connectivity index (χ1v) is 4.16. The summed E-state index contributed by atoms with van der Waals surface area (Å²) < 4.78 is 1.45. The third kappa shape index (κ3) is 1.59. The number of oxime groups is 1. The molecule has 14 heavy (non-hydrogen) atoms. The van der Waals surface area contributed by atoms with Crippen molar-refractivity contribution >= 4 is 5.84 Å². The van der Waals surface area contributed by atoms with Gasteiger partial charge < -0.3 is 10.9 Å². The van der Waals surface area contributed by atoms with Crippen LogP contribution in [0.3, 0.4) is 0 Å². The molecule has 1 aromatic rings. The first kappa shape index (κ1) is 10.2. The van der Waals surface area contributed by atoms with Crippen molar-refractivity contribution in [2.24, 2.45) is 10.9 Å². The first-order chi connectivity index (χ1) is 6.61. The third-order valence-corrected chi connectivity index (χ3v) is 1.95. The van der Waals surface area contributed by atoms with Crippen molar-refractivity contribution < 1.29 is 5.21 Å². The molecule has 6 nitrogen and oxygen atoms in total. The molecule has 0 spiro atoms. The van der Waals surface area contributed by atoms with E-state index >= 15 is 0 Å². The number of nitrogens with zero attached hydrogens (tertiary/aromatic N) is 3. The Kier molecular flexibility index (Phi) is 2.85. The molecule has 1 heterocycles. The van der Waals surface area contributed by atoms with E-state index in [0.717, 1.165) is 0 Å². The minimum atomic E-state index is -0.296. The molecule has 0 saturated carbocycles. The maximum Gasteiger partial charge on any atom is 0.264 e. The monoisotopic (exact) mass is 196 g/mol. The fourth-order valence-electron chi connectivity index (χ4n) is 1.18. The van der Waals surface area contributed by atoms with Gasteiger partial charge in [-0.15, -0.1) is 0 Å². The Balaban J connectivity index is 3.44. The number of hydrogen-bond acceptors (Lipinski definition) is 4. The minimum Gasteiger partial charge on any atom is -0.409 e. The van der Waals surface area contributed by atoms with Crippen LogP contribution in [0.15, 0.2) is 16.1 Å². The third-order valence-electron chi connectivity index (χ3n) is 1.95. The molecule has 0 radical (unpaired) electrons. The highest BCUT2D eigenvalue weighted by atomic mass is 16.4. The van der Waals surface area contributed by atoms with Crippen molar-refractivity contribution in [3.63, 3.8) is 0 Å². The zero-order valence-electron chi connectivity index (χ0n) is 8.06. The van der Waals surface area contributed by atoms with Crippen molar-refractivity contribution in [1.29, 1.82) is 0 Å². The Labute approximate surface area is 80.7 Å². The van der Waals surface area contributed by atoms with E-state index in [4.69, 9.17) is 10.9 Å². The molecule has 76 valence electrons. The molecule has 0 fully saturated rings. The van der Waals surface area contributed by atoms with Gasteiger partial charge in [-0.2, -0.15) is 0 Å². The number of rotatable bonds is 2. The average molecular weight is 196 g/mol. The Bertz CT molecular complexity index is 422. The van der Waals surface area contributed by atoms with E-state index in [1.165, 1.54) is 10.8 Å². The Morgan fingerprint density at radius 2 is 2.43 bits per heavy atom. The second-order valence-electron chi connectivity index (χ2n) is 2.75. The summed E-state index contributed by atoms with van der Waals surface area (Å²) in [6.45, 7) is 4.05. The van der Waals surface area contributed by atoms with Gasteiger partial charge in [0.2, 0.25) is 0 Å². The Morgan fingerprint density at radius 3 is 2.93 bits per heavy atom. The fourth-order valence-corrected chi connectivity index (χ4v) is 1.18. The van der Waals surface area contributed by atoms with Crippen molar-refractivity contribution in [3.05, 3.63) is 27.9 Å². The molecule has 6 heteroatoms. The van der Waals surface area contributed by atoms with Gasteiger partial charge in [0.1, 0.15) is 11.4 Å². The topological polar surface area (TPSA) is 93.5 Å². The number of aromatic nitrogens is 2. The molecule has 0 saturated heterocycles. The quantitative estimate of drug-likeness (QED) is 0.293. The van der Waals surface area contributed by atoms with E-state index < -0.39 is 0 Å². The van der Waals surface area contributed by atoms with Crippen LogP contribution >= 0.6 is 0 Å². The molecule has 0 bridgehead atoms. The first-order valence-electron chi connectivity index (χ1n) is 4.16. The summed E-state index contributed by atoms with van der Waals surface area (Å²) >= 11 is 0. The lowest BCUT2D eigenvalue weighted by Crippen LogP contribution is -2.31. The maximum absolute atomic E-state index is 11.7. The van der Waals surface area contributed by atoms with Crippen LogP contribution < -0.4 is 11.3 Å². The smallest absolute Gasteiger partial charge is 0.264 e. The van der Waals surface area contributed by atoms with Crippen molar-refractivity contribution in [3.8, 4) is 0 Å². The van der Waals surface area contributed by atoms with Crippen LogP contribution in [0.4, 0.5) is 0 Å². The second-order valence-corrected chi connectivity index (χ2v) is 2.75. The lowest BCUT2D eigenvalue weighted by molar-refractivity contribution is 0.318. The van der Waals surface area contributed by atoms with Gasteiger partial charge in [0.25, 0.3) is 5.56 Å². The van der Waals surface area contributed by atoms with Crippen LogP contribution in [0.1, 0.15) is 18.3 Å². The van der Waals surface area contributed by atoms with Crippen molar-refractivity contribution in [1.82, 2.24) is 9.55 Å². The highest BCUT2D eigenvalue weighted by molar-refractivity contribution is 5.96. The summed E-state index contributed by atoms with van der Waals surface area (Å²) in [5.74, 6) is 0.386. The summed E-state index contributed by atoms with van der Waals surface area (Å²) in [5.41, 5.74) is 5.13. The molecular weight excluding hydrogens is 184 g/mol. The lowest BCUT2D eigenvalue weighted by atomic mass is 10.3. The minimum absolute atomic E-state index is 0.111. The number of amidine groups is 1. The van der Waals surface area contributed by atoms with E-state index in [1.54, 1.807) is 6.92 Å². The number of aryl methyl sites for hydroxylation is 1. The van der Waals surface area contributed by atoms with Crippen molar-refractivity contribution in [2.45, 2.75) is 20.4 Å². The summed E-state index contributed by atoms with van der Waals surface area (Å²) in [7, 11) is 0. The molecule has 3 N–H and O–H groups in total. The van der Waals surface area contributed by atoms with Crippen molar-refractivity contribution in [2.75, 3.05) is 0 Å². The average Bonchev–Trinajstić information content (AvgIpc) is 2.18. The Hall–Kier alpha value is -1.85. The number of nitrogens with two attached hydrogens (primary N) is 1. The molecule has 0 aromatic carbocycles. The summed E-state index contributed by atoms with van der Waals surface area (Å²) in [4.78, 5) is 15.6. The Morgan fingerprint density at radius 1 is 1.79 bits per heavy atom. The van der Waals surface area contributed by atoms with Crippen LogP contribution in [-0.2, 0) is 6.54 Å². The fraction of sp³-hybridized carbons (Fsp3) is 0.375. The van der Waals surface area contributed by atoms with Crippen LogP contribution in [0.2, 0.25) is 0 Å². The normalized spacial score (nSPS) is 11.7. The van der Waals surface area contributed by atoms with Gasteiger partial charge in [-0.05, 0) is 13.8 Å². The molecule has 0 aliphatic heterocycles. The van der Waals surface area contributed by atoms with Crippen LogP contribution in [0.25, 0.3) is 0 Å². The summed E-state index contributed by atoms with van der Waals surface area (Å²) in [6, 6.07) is 0. The van der Waals surface area contributed by atoms with Crippen LogP contribution in [0, 0.1) is 6.92 Å². The highest BCUT2D eigenvalue weighted by Gasteiger charge is 2.09. The van der Waals surface area contributed by atoms with Gasteiger partial charge in [-0.3, -0.25) is 9.36 Å². The van der Waals surface area contributed by atoms with E-state index in [9.17, 15) is 4.79 Å². The van der Waals surface area contributed by atoms with E-state index in [1.807, 2.05) is 6.92 Å². The number of hydrogen-bond donors (Lipinski definition) is 2. The largest absolute Gasteiger partial charge is 0.409 e. The molecule has 0 atom stereocenters. The molecule has 0 amide bonds. The predicted octanol–water partition coefficient (Wildman–Crippen LogP) is -0.334. The van der Waals surface area contributed by atoms with E-state index in [-0.39, 0.29) is 17.0 Å². The maximum atomic E-state index is 11.7. The molecule has 0 unspecified atom stereocenters. The molecule has 1 aromatic heterocycles. The predicted molar refractivity (Wildman–Crippen MR) is 51.4 cm³/mol. The van der Waals surface area contributed by atoms with Gasteiger partial charge in [0.15, 0.2) is 5.84 Å².